The van der Waals surface area contributed by atoms with Crippen LogP contribution in [0.25, 0.3) is 0 Å². The number of allylic oxidation sites excluding steroid dienone is 2. The fourth-order valence-corrected chi connectivity index (χ4v) is 5.30. The number of hydroxylamine groups is 2. The van der Waals surface area contributed by atoms with Gasteiger partial charge in [-0.25, -0.2) is 0 Å². The van der Waals surface area contributed by atoms with E-state index in [1.165, 1.54) is 21.4 Å². The molecule has 0 aromatic heterocycles. The van der Waals surface area contributed by atoms with Gasteiger partial charge in [0.1, 0.15) is 0 Å². The lowest BCUT2D eigenvalue weighted by molar-refractivity contribution is -0.113. The number of aliphatic imine (C=N–C) groups is 1. The van der Waals surface area contributed by atoms with Crippen LogP contribution in [0.4, 0.5) is 0 Å². The first-order valence-electron chi connectivity index (χ1n) is 9.84. The molecule has 5 nitrogen and oxygen atoms in total. The fraction of sp³-hybridized carbons (Fsp3) is 0.750. The number of thioether (sulfide) groups is 1. The minimum atomic E-state index is 0.364. The number of ether oxygens (including phenoxy) is 1. The lowest BCUT2D eigenvalue weighted by Gasteiger charge is -2.33. The summed E-state index contributed by atoms with van der Waals surface area (Å²) in [6.45, 7) is 7.71. The second-order valence-corrected chi connectivity index (χ2v) is 9.12. The molecule has 6 heteroatoms. The van der Waals surface area contributed by atoms with Gasteiger partial charge in [0.2, 0.25) is 0 Å². The largest absolute Gasteiger partial charge is 0.385 e. The molecule has 2 N–H and O–H groups in total. The molecule has 1 saturated heterocycles. The van der Waals surface area contributed by atoms with Gasteiger partial charge in [-0.05, 0) is 50.5 Å². The van der Waals surface area contributed by atoms with E-state index in [9.17, 15) is 5.21 Å². The zero-order valence-electron chi connectivity index (χ0n) is 16.3. The van der Waals surface area contributed by atoms with Crippen molar-refractivity contribution in [1.29, 1.82) is 0 Å². The highest BCUT2D eigenvalue weighted by molar-refractivity contribution is 8.03. The van der Waals surface area contributed by atoms with Crippen molar-refractivity contribution in [2.24, 2.45) is 16.8 Å². The Hall–Kier alpha value is -0.820. The van der Waals surface area contributed by atoms with Gasteiger partial charge in [-0.3, -0.25) is 4.99 Å². The Labute approximate surface area is 161 Å². The molecule has 0 radical (unpaired) electrons. The lowest BCUT2D eigenvalue weighted by atomic mass is 9.88. The molecule has 1 fully saturated rings. The van der Waals surface area contributed by atoms with Crippen molar-refractivity contribution in [2.45, 2.75) is 50.8 Å². The lowest BCUT2D eigenvalue weighted by Crippen LogP contribution is -2.38. The quantitative estimate of drug-likeness (QED) is 0.709. The molecule has 0 aromatic carbocycles. The Morgan fingerprint density at radius 3 is 2.81 bits per heavy atom. The van der Waals surface area contributed by atoms with Crippen LogP contribution < -0.4 is 5.32 Å². The first kappa shape index (κ1) is 19.9. The van der Waals surface area contributed by atoms with Crippen LogP contribution in [-0.2, 0) is 4.74 Å². The van der Waals surface area contributed by atoms with Gasteiger partial charge in [0.25, 0.3) is 0 Å². The van der Waals surface area contributed by atoms with E-state index in [4.69, 9.17) is 9.73 Å². The summed E-state index contributed by atoms with van der Waals surface area (Å²) in [5, 5.41) is 16.5. The molecular formula is C20H33N3O2S. The normalized spacial score (nSPS) is 29.0. The number of rotatable bonds is 7. The molecule has 146 valence electrons. The van der Waals surface area contributed by atoms with Crippen molar-refractivity contribution in [3.05, 3.63) is 22.8 Å². The van der Waals surface area contributed by atoms with Crippen molar-refractivity contribution in [3.8, 4) is 0 Å². The summed E-state index contributed by atoms with van der Waals surface area (Å²) in [5.74, 6) is 1.06. The van der Waals surface area contributed by atoms with Crippen LogP contribution in [0.3, 0.4) is 0 Å². The van der Waals surface area contributed by atoms with E-state index in [-0.39, 0.29) is 0 Å². The van der Waals surface area contributed by atoms with Crippen LogP contribution in [0.2, 0.25) is 0 Å². The maximum Gasteiger partial charge on any atom is 0.0687 e. The predicted molar refractivity (Wildman–Crippen MR) is 109 cm³/mol. The maximum absolute atomic E-state index is 9.71. The summed E-state index contributed by atoms with van der Waals surface area (Å²) in [4.78, 5) is 5.22. The van der Waals surface area contributed by atoms with Gasteiger partial charge in [-0.2, -0.15) is 5.06 Å². The van der Waals surface area contributed by atoms with Gasteiger partial charge >= 0.3 is 0 Å². The molecule has 26 heavy (non-hydrogen) atoms. The van der Waals surface area contributed by atoms with Crippen molar-refractivity contribution in [2.75, 3.05) is 33.4 Å². The van der Waals surface area contributed by atoms with Gasteiger partial charge in [-0.15, -0.1) is 11.8 Å². The van der Waals surface area contributed by atoms with Gasteiger partial charge < -0.3 is 15.3 Å². The monoisotopic (exact) mass is 379 g/mol. The third kappa shape index (κ3) is 5.12. The topological polar surface area (TPSA) is 57.1 Å². The van der Waals surface area contributed by atoms with Crippen molar-refractivity contribution in [3.63, 3.8) is 0 Å². The van der Waals surface area contributed by atoms with Crippen LogP contribution in [0.1, 0.15) is 39.5 Å². The first-order valence-corrected chi connectivity index (χ1v) is 10.7. The first-order chi connectivity index (χ1) is 12.6. The Morgan fingerprint density at radius 1 is 1.38 bits per heavy atom. The Balaban J connectivity index is 1.69. The van der Waals surface area contributed by atoms with E-state index in [1.54, 1.807) is 7.11 Å². The smallest absolute Gasteiger partial charge is 0.0687 e. The summed E-state index contributed by atoms with van der Waals surface area (Å²) >= 11 is 1.96. The minimum Gasteiger partial charge on any atom is -0.385 e. The van der Waals surface area contributed by atoms with Crippen LogP contribution in [0.15, 0.2) is 27.7 Å². The molecular weight excluding hydrogens is 346 g/mol. The summed E-state index contributed by atoms with van der Waals surface area (Å²) in [5.41, 5.74) is 2.73. The second kappa shape index (κ2) is 9.40. The molecule has 0 spiro atoms. The standard InChI is InChI=1S/C20H33N3O2S/c1-14-4-5-19(21-13-14)26-18-12-17(15(2)8-11-25-3)22-20(18)16-6-9-23(24)10-7-16/h4-5,15-16,18,20-21,24H,6-13H2,1-3H3. The summed E-state index contributed by atoms with van der Waals surface area (Å²) in [6, 6.07) is 0.364. The van der Waals surface area contributed by atoms with Crippen LogP contribution >= 0.6 is 11.8 Å². The highest BCUT2D eigenvalue weighted by Crippen LogP contribution is 2.39. The molecule has 3 heterocycles. The molecule has 3 unspecified atom stereocenters. The van der Waals surface area contributed by atoms with Crippen molar-refractivity contribution < 1.29 is 9.94 Å². The average Bonchev–Trinajstić information content (AvgIpc) is 3.06. The number of piperidine rings is 1. The zero-order valence-corrected chi connectivity index (χ0v) is 17.1. The SMILES string of the molecule is COCCC(C)C1=NC(C2CCN(O)CC2)C(SC2=CC=C(C)CN2)C1. The highest BCUT2D eigenvalue weighted by Gasteiger charge is 2.38. The van der Waals surface area contributed by atoms with E-state index < -0.39 is 0 Å². The number of dihydropyridines is 1. The van der Waals surface area contributed by atoms with Crippen molar-refractivity contribution >= 4 is 17.5 Å². The van der Waals surface area contributed by atoms with Crippen LogP contribution in [-0.4, -0.2) is 60.6 Å². The van der Waals surface area contributed by atoms with Crippen molar-refractivity contribution in [1.82, 2.24) is 10.4 Å². The predicted octanol–water partition coefficient (Wildman–Crippen LogP) is 3.47. The summed E-state index contributed by atoms with van der Waals surface area (Å²) in [6.07, 6.45) is 8.61. The number of nitrogens with zero attached hydrogens (tertiary/aromatic N) is 2. The number of methoxy groups -OCH3 is 1. The van der Waals surface area contributed by atoms with Gasteiger partial charge in [-0.1, -0.05) is 18.6 Å². The van der Waals surface area contributed by atoms with E-state index in [2.05, 4.69) is 31.3 Å². The van der Waals surface area contributed by atoms with E-state index in [0.29, 0.717) is 23.1 Å². The van der Waals surface area contributed by atoms with Gasteiger partial charge in [0.15, 0.2) is 0 Å². The number of hydrogen-bond donors (Lipinski definition) is 2. The molecule has 0 bridgehead atoms. The van der Waals surface area contributed by atoms with E-state index >= 15 is 0 Å². The zero-order chi connectivity index (χ0) is 18.5. The van der Waals surface area contributed by atoms with E-state index in [1.807, 2.05) is 11.8 Å². The average molecular weight is 380 g/mol. The molecule has 3 aliphatic rings. The molecule has 0 saturated carbocycles. The third-order valence-corrected chi connectivity index (χ3v) is 7.05. The number of nitrogens with one attached hydrogen (secondary N) is 1. The fourth-order valence-electron chi connectivity index (χ4n) is 4.00. The van der Waals surface area contributed by atoms with Crippen LogP contribution in [0.5, 0.6) is 0 Å². The highest BCUT2D eigenvalue weighted by atomic mass is 32.2. The summed E-state index contributed by atoms with van der Waals surface area (Å²) < 4.78 is 5.27. The number of hydrogen-bond acceptors (Lipinski definition) is 6. The van der Waals surface area contributed by atoms with Gasteiger partial charge in [0, 0.05) is 44.3 Å². The molecule has 3 atom stereocenters. The van der Waals surface area contributed by atoms with Crippen LogP contribution in [0, 0.1) is 11.8 Å². The molecule has 3 rings (SSSR count). The molecule has 0 aliphatic carbocycles. The Kier molecular flexibility index (Phi) is 7.20. The maximum atomic E-state index is 9.71. The molecule has 0 amide bonds. The molecule has 0 aromatic rings. The summed E-state index contributed by atoms with van der Waals surface area (Å²) in [7, 11) is 1.77. The third-order valence-electron chi connectivity index (χ3n) is 5.77. The Bertz CT molecular complexity index is 567. The van der Waals surface area contributed by atoms with E-state index in [0.717, 1.165) is 51.9 Å². The second-order valence-electron chi connectivity index (χ2n) is 7.84. The Morgan fingerprint density at radius 2 is 2.15 bits per heavy atom. The van der Waals surface area contributed by atoms with Gasteiger partial charge in [0.05, 0.1) is 11.1 Å². The minimum absolute atomic E-state index is 0.364. The molecule has 3 aliphatic heterocycles.